The summed E-state index contributed by atoms with van der Waals surface area (Å²) in [6.07, 6.45) is 5.71. The van der Waals surface area contributed by atoms with Gasteiger partial charge >= 0.3 is 0 Å². The van der Waals surface area contributed by atoms with Crippen molar-refractivity contribution < 1.29 is 19.1 Å². The molecule has 0 aliphatic heterocycles. The summed E-state index contributed by atoms with van der Waals surface area (Å²) < 4.78 is 5.87. The molecule has 2 aliphatic rings. The lowest BCUT2D eigenvalue weighted by Crippen LogP contribution is -2.50. The highest BCUT2D eigenvalue weighted by Crippen LogP contribution is 2.41. The van der Waals surface area contributed by atoms with Crippen LogP contribution in [0.15, 0.2) is 24.3 Å². The van der Waals surface area contributed by atoms with Crippen molar-refractivity contribution in [2.45, 2.75) is 62.8 Å². The summed E-state index contributed by atoms with van der Waals surface area (Å²) >= 11 is 1.32. The number of aryl methyl sites for hydroxylation is 1. The van der Waals surface area contributed by atoms with Crippen LogP contribution in [0.25, 0.3) is 10.6 Å². The summed E-state index contributed by atoms with van der Waals surface area (Å²) in [5, 5.41) is 20.7. The Labute approximate surface area is 276 Å². The number of para-hydroxylation sites is 1. The standard InChI is InChI=1S/C30H41B3N8O4S/c1-15-25(28(44)35-17-10-12-18(13-11-17)41(2)3)46-29(34-15)19-6-5-7-20(24(19)45-4)36-21-14-22(37-26(42)16-8-9-16)39-40-23(21)27(43)38-30(31,32)33/h5-7,14,16-18H,8-13,31-33H2,1-4H3,(H,35,44)(H,38,43)(H2,36,37,39,42). The maximum absolute atomic E-state index is 13.3. The van der Waals surface area contributed by atoms with Gasteiger partial charge in [-0.2, -0.15) is 0 Å². The Morgan fingerprint density at radius 3 is 2.35 bits per heavy atom. The molecule has 0 saturated heterocycles. The number of hydrogen-bond acceptors (Lipinski definition) is 10. The predicted octanol–water partition coefficient (Wildman–Crippen LogP) is 0.852. The minimum atomic E-state index is -0.509. The van der Waals surface area contributed by atoms with E-state index in [4.69, 9.17) is 9.72 Å². The van der Waals surface area contributed by atoms with Gasteiger partial charge in [-0.1, -0.05) is 6.07 Å². The molecule has 0 unspecified atom stereocenters. The van der Waals surface area contributed by atoms with Crippen LogP contribution in [-0.4, -0.2) is 99.9 Å². The molecule has 2 fully saturated rings. The van der Waals surface area contributed by atoms with E-state index >= 15 is 0 Å². The molecule has 2 saturated carbocycles. The van der Waals surface area contributed by atoms with Crippen molar-refractivity contribution in [1.82, 2.24) is 30.7 Å². The van der Waals surface area contributed by atoms with Crippen molar-refractivity contribution in [1.29, 1.82) is 0 Å². The van der Waals surface area contributed by atoms with Gasteiger partial charge in [0.15, 0.2) is 17.3 Å². The van der Waals surface area contributed by atoms with Crippen LogP contribution in [0.2, 0.25) is 0 Å². The van der Waals surface area contributed by atoms with E-state index in [9.17, 15) is 14.4 Å². The molecule has 3 amide bonds. The molecular formula is C30H41B3N8O4S. The molecule has 5 rings (SSSR count). The number of nitrogens with zero attached hydrogens (tertiary/aromatic N) is 4. The molecule has 2 aliphatic carbocycles. The normalized spacial score (nSPS) is 18.1. The first kappa shape index (κ1) is 33.5. The Morgan fingerprint density at radius 2 is 1.72 bits per heavy atom. The van der Waals surface area contributed by atoms with Crippen LogP contribution in [0.1, 0.15) is 64.4 Å². The third-order valence-electron chi connectivity index (χ3n) is 8.18. The molecule has 2 aromatic heterocycles. The zero-order valence-electron chi connectivity index (χ0n) is 27.6. The fourth-order valence-corrected chi connectivity index (χ4v) is 6.56. The van der Waals surface area contributed by atoms with Crippen molar-refractivity contribution in [2.75, 3.05) is 31.8 Å². The topological polar surface area (TPSA) is 150 Å². The summed E-state index contributed by atoms with van der Waals surface area (Å²) in [5.41, 5.74) is 2.30. The van der Waals surface area contributed by atoms with Gasteiger partial charge < -0.3 is 30.9 Å². The molecule has 12 nitrogen and oxygen atoms in total. The van der Waals surface area contributed by atoms with Crippen LogP contribution in [-0.2, 0) is 4.79 Å². The summed E-state index contributed by atoms with van der Waals surface area (Å²) in [7, 11) is 11.4. The first-order valence-electron chi connectivity index (χ1n) is 15.7. The molecular weight excluding hydrogens is 601 g/mol. The molecule has 240 valence electrons. The Bertz CT molecular complexity index is 1620. The van der Waals surface area contributed by atoms with Crippen molar-refractivity contribution in [2.24, 2.45) is 5.92 Å². The van der Waals surface area contributed by atoms with Gasteiger partial charge in [0.1, 0.15) is 33.4 Å². The molecule has 0 spiro atoms. The van der Waals surface area contributed by atoms with Crippen molar-refractivity contribution >= 4 is 69.8 Å². The van der Waals surface area contributed by atoms with E-state index in [1.807, 2.05) is 48.7 Å². The van der Waals surface area contributed by atoms with E-state index < -0.39 is 11.1 Å². The highest BCUT2D eigenvalue weighted by atomic mass is 32.1. The largest absolute Gasteiger partial charge is 0.494 e. The lowest BCUT2D eigenvalue weighted by atomic mass is 9.49. The SMILES string of the molecule is BC(B)(B)NC(=O)c1nnc(NC(=O)C2CC2)cc1Nc1cccc(-c2nc(C)c(C(=O)NC3CCC(N(C)C)CC3)s2)c1OC. The van der Waals surface area contributed by atoms with Gasteiger partial charge in [0.05, 0.1) is 29.7 Å². The lowest BCUT2D eigenvalue weighted by molar-refractivity contribution is -0.117. The van der Waals surface area contributed by atoms with Crippen LogP contribution in [0.3, 0.4) is 0 Å². The molecule has 0 bridgehead atoms. The van der Waals surface area contributed by atoms with E-state index in [1.165, 1.54) is 11.3 Å². The van der Waals surface area contributed by atoms with E-state index in [1.54, 1.807) is 13.2 Å². The van der Waals surface area contributed by atoms with Gasteiger partial charge in [0, 0.05) is 24.1 Å². The summed E-state index contributed by atoms with van der Waals surface area (Å²) in [4.78, 5) is 46.6. The third-order valence-corrected chi connectivity index (χ3v) is 9.37. The monoisotopic (exact) mass is 642 g/mol. The summed E-state index contributed by atoms with van der Waals surface area (Å²) in [6.45, 7) is 1.84. The number of amides is 3. The van der Waals surface area contributed by atoms with Gasteiger partial charge in [-0.3, -0.25) is 14.4 Å². The Hall–Kier alpha value is -3.91. The number of carbonyl (C=O) groups is 3. The summed E-state index contributed by atoms with van der Waals surface area (Å²) in [6, 6.07) is 7.84. The third kappa shape index (κ3) is 8.08. The van der Waals surface area contributed by atoms with Gasteiger partial charge in [-0.15, -0.1) is 21.5 Å². The lowest BCUT2D eigenvalue weighted by Gasteiger charge is -2.32. The quantitative estimate of drug-likeness (QED) is 0.224. The molecule has 2 heterocycles. The number of thiazole rings is 1. The molecule has 46 heavy (non-hydrogen) atoms. The van der Waals surface area contributed by atoms with Crippen LogP contribution in [0, 0.1) is 12.8 Å². The van der Waals surface area contributed by atoms with E-state index in [0.29, 0.717) is 44.3 Å². The van der Waals surface area contributed by atoms with Crippen LogP contribution >= 0.6 is 11.3 Å². The summed E-state index contributed by atoms with van der Waals surface area (Å²) in [5.74, 6) is 0.0497. The molecule has 16 heteroatoms. The molecule has 0 atom stereocenters. The Morgan fingerprint density at radius 1 is 1.00 bits per heavy atom. The number of nitrogens with one attached hydrogen (secondary N) is 4. The average molecular weight is 642 g/mol. The van der Waals surface area contributed by atoms with E-state index in [-0.39, 0.29) is 35.3 Å². The van der Waals surface area contributed by atoms with Crippen LogP contribution in [0.5, 0.6) is 5.75 Å². The van der Waals surface area contributed by atoms with Crippen molar-refractivity contribution in [3.63, 3.8) is 0 Å². The van der Waals surface area contributed by atoms with E-state index in [2.05, 4.69) is 50.5 Å². The van der Waals surface area contributed by atoms with E-state index in [0.717, 1.165) is 38.5 Å². The first-order valence-corrected chi connectivity index (χ1v) is 16.5. The predicted molar refractivity (Wildman–Crippen MR) is 189 cm³/mol. The molecule has 4 N–H and O–H groups in total. The second kappa shape index (κ2) is 13.8. The number of anilines is 3. The zero-order valence-corrected chi connectivity index (χ0v) is 28.4. The highest BCUT2D eigenvalue weighted by molar-refractivity contribution is 7.17. The number of aromatic nitrogens is 3. The fourth-order valence-electron chi connectivity index (χ4n) is 5.57. The smallest absolute Gasteiger partial charge is 0.272 e. The average Bonchev–Trinajstić information content (AvgIpc) is 3.78. The fraction of sp³-hybridized carbons (Fsp3) is 0.467. The minimum Gasteiger partial charge on any atom is -0.494 e. The number of hydrogen-bond donors (Lipinski definition) is 4. The second-order valence-electron chi connectivity index (χ2n) is 13.3. The van der Waals surface area contributed by atoms with Gasteiger partial charge in [-0.25, -0.2) is 4.98 Å². The number of benzene rings is 1. The maximum atomic E-state index is 13.3. The molecule has 0 radical (unpaired) electrons. The first-order chi connectivity index (χ1) is 21.8. The van der Waals surface area contributed by atoms with Crippen LogP contribution in [0.4, 0.5) is 17.2 Å². The zero-order chi connectivity index (χ0) is 33.2. The number of rotatable bonds is 11. The highest BCUT2D eigenvalue weighted by Gasteiger charge is 2.31. The number of ether oxygens (including phenoxy) is 1. The van der Waals surface area contributed by atoms with Gasteiger partial charge in [0.25, 0.3) is 11.8 Å². The number of methoxy groups -OCH3 is 1. The molecule has 1 aromatic carbocycles. The Kier molecular flexibility index (Phi) is 10.1. The molecule has 3 aromatic rings. The minimum absolute atomic E-state index is 0.0225. The van der Waals surface area contributed by atoms with Crippen LogP contribution < -0.4 is 26.0 Å². The maximum Gasteiger partial charge on any atom is 0.272 e. The van der Waals surface area contributed by atoms with Gasteiger partial charge in [-0.05, 0) is 76.9 Å². The van der Waals surface area contributed by atoms with Gasteiger partial charge in [0.2, 0.25) is 5.91 Å². The number of carbonyl (C=O) groups excluding carboxylic acids is 3. The van der Waals surface area contributed by atoms with Crippen molar-refractivity contribution in [3.8, 4) is 16.3 Å². The second-order valence-corrected chi connectivity index (χ2v) is 14.3. The Balaban J connectivity index is 1.40. The van der Waals surface area contributed by atoms with Crippen molar-refractivity contribution in [3.05, 3.63) is 40.5 Å².